The molecule has 1 aliphatic rings. The monoisotopic (exact) mass is 202 g/mol. The van der Waals surface area contributed by atoms with E-state index in [0.29, 0.717) is 5.41 Å². The van der Waals surface area contributed by atoms with Gasteiger partial charge in [-0.2, -0.15) is 0 Å². The zero-order chi connectivity index (χ0) is 11.1. The van der Waals surface area contributed by atoms with Gasteiger partial charge in [0.25, 0.3) is 0 Å². The Morgan fingerprint density at radius 3 is 2.73 bits per heavy atom. The van der Waals surface area contributed by atoms with E-state index in [1.165, 1.54) is 24.8 Å². The average Bonchev–Trinajstić information content (AvgIpc) is 2.26. The quantitative estimate of drug-likeness (QED) is 0.541. The summed E-state index contributed by atoms with van der Waals surface area (Å²) in [5.41, 5.74) is 4.94. The summed E-state index contributed by atoms with van der Waals surface area (Å²) >= 11 is 0. The number of hydrogen-bond acceptors (Lipinski definition) is 0. The molecule has 15 heavy (non-hydrogen) atoms. The Morgan fingerprint density at radius 1 is 1.27 bits per heavy atom. The molecule has 0 bridgehead atoms. The molecule has 0 spiro atoms. The first-order chi connectivity index (χ1) is 7.00. The smallest absolute Gasteiger partial charge is 0.0101 e. The molecule has 0 nitrogen and oxygen atoms in total. The van der Waals surface area contributed by atoms with Gasteiger partial charge in [-0.3, -0.25) is 0 Å². The summed E-state index contributed by atoms with van der Waals surface area (Å²) in [5, 5.41) is 0. The van der Waals surface area contributed by atoms with Gasteiger partial charge in [-0.25, -0.2) is 0 Å². The molecule has 0 aliphatic heterocycles. The zero-order valence-electron chi connectivity index (χ0n) is 10.4. The zero-order valence-corrected chi connectivity index (χ0v) is 10.4. The number of fused-ring (bicyclic) bond motifs is 1. The summed E-state index contributed by atoms with van der Waals surface area (Å²) in [6.07, 6.45) is 4.04. The normalized spacial score (nSPS) is 24.4. The highest BCUT2D eigenvalue weighted by Gasteiger charge is 2.28. The van der Waals surface area contributed by atoms with E-state index in [9.17, 15) is 0 Å². The summed E-state index contributed by atoms with van der Waals surface area (Å²) in [6, 6.07) is 7.01. The molecule has 0 radical (unpaired) electrons. The van der Waals surface area contributed by atoms with E-state index < -0.39 is 0 Å². The molecule has 1 atom stereocenters. The summed E-state index contributed by atoms with van der Waals surface area (Å²) in [7, 11) is 0. The molecular formula is C15H22. The Hall–Kier alpha value is -0.780. The van der Waals surface area contributed by atoms with Gasteiger partial charge in [0.15, 0.2) is 0 Å². The van der Waals surface area contributed by atoms with Crippen molar-refractivity contribution in [3.63, 3.8) is 0 Å². The lowest BCUT2D eigenvalue weighted by molar-refractivity contribution is 0.464. The van der Waals surface area contributed by atoms with Gasteiger partial charge in [-0.05, 0) is 42.2 Å². The van der Waals surface area contributed by atoms with E-state index in [-0.39, 0.29) is 0 Å². The summed E-state index contributed by atoms with van der Waals surface area (Å²) in [5.74, 6) is 0.738. The molecule has 2 rings (SSSR count). The van der Waals surface area contributed by atoms with Gasteiger partial charge >= 0.3 is 0 Å². The lowest BCUT2D eigenvalue weighted by Crippen LogP contribution is -2.17. The van der Waals surface area contributed by atoms with Crippen molar-refractivity contribution >= 4 is 0 Å². The first-order valence-electron chi connectivity index (χ1n) is 6.12. The van der Waals surface area contributed by atoms with Crippen LogP contribution in [-0.4, -0.2) is 0 Å². The Morgan fingerprint density at radius 2 is 2.00 bits per heavy atom. The molecule has 1 aromatic carbocycles. The van der Waals surface area contributed by atoms with E-state index >= 15 is 0 Å². The maximum absolute atomic E-state index is 2.40. The van der Waals surface area contributed by atoms with Crippen molar-refractivity contribution < 1.29 is 0 Å². The van der Waals surface area contributed by atoms with Crippen LogP contribution in [0.4, 0.5) is 0 Å². The minimum absolute atomic E-state index is 0.367. The van der Waals surface area contributed by atoms with Crippen molar-refractivity contribution in [1.29, 1.82) is 0 Å². The fourth-order valence-electron chi connectivity index (χ4n) is 2.83. The van der Waals surface area contributed by atoms with Crippen LogP contribution in [0.2, 0.25) is 0 Å². The van der Waals surface area contributed by atoms with Gasteiger partial charge in [0.1, 0.15) is 0 Å². The SMILES string of the molecule is Cc1ccc2c(c1)C(C)(C)CCCC2C. The molecule has 0 saturated heterocycles. The standard InChI is InChI=1S/C15H22/c1-11-7-8-13-12(2)6-5-9-15(3,4)14(13)10-11/h7-8,10,12H,5-6,9H2,1-4H3. The van der Waals surface area contributed by atoms with Crippen LogP contribution in [0, 0.1) is 6.92 Å². The second kappa shape index (κ2) is 3.66. The van der Waals surface area contributed by atoms with Gasteiger partial charge in [-0.1, -0.05) is 51.0 Å². The van der Waals surface area contributed by atoms with Crippen LogP contribution in [0.5, 0.6) is 0 Å². The van der Waals surface area contributed by atoms with Gasteiger partial charge < -0.3 is 0 Å². The second-order valence-corrected chi connectivity index (χ2v) is 5.77. The van der Waals surface area contributed by atoms with Crippen molar-refractivity contribution in [3.05, 3.63) is 34.9 Å². The summed E-state index contributed by atoms with van der Waals surface area (Å²) in [4.78, 5) is 0. The molecular weight excluding hydrogens is 180 g/mol. The highest BCUT2D eigenvalue weighted by Crippen LogP contribution is 2.40. The van der Waals surface area contributed by atoms with Crippen LogP contribution in [-0.2, 0) is 5.41 Å². The van der Waals surface area contributed by atoms with Crippen molar-refractivity contribution in [2.24, 2.45) is 0 Å². The summed E-state index contributed by atoms with van der Waals surface area (Å²) < 4.78 is 0. The van der Waals surface area contributed by atoms with Crippen LogP contribution in [0.15, 0.2) is 18.2 Å². The van der Waals surface area contributed by atoms with Gasteiger partial charge in [0, 0.05) is 0 Å². The fraction of sp³-hybridized carbons (Fsp3) is 0.600. The lowest BCUT2D eigenvalue weighted by atomic mass is 9.78. The number of hydrogen-bond donors (Lipinski definition) is 0. The van der Waals surface area contributed by atoms with Crippen LogP contribution in [0.25, 0.3) is 0 Å². The second-order valence-electron chi connectivity index (χ2n) is 5.77. The Balaban J connectivity index is 2.57. The molecule has 1 aromatic rings. The topological polar surface area (TPSA) is 0 Å². The fourth-order valence-corrected chi connectivity index (χ4v) is 2.83. The Kier molecular flexibility index (Phi) is 2.62. The maximum Gasteiger partial charge on any atom is -0.0101 e. The Labute approximate surface area is 93.7 Å². The number of rotatable bonds is 0. The third-order valence-electron chi connectivity index (χ3n) is 3.91. The van der Waals surface area contributed by atoms with Crippen molar-refractivity contribution in [2.75, 3.05) is 0 Å². The first kappa shape index (κ1) is 10.7. The van der Waals surface area contributed by atoms with E-state index in [0.717, 1.165) is 5.92 Å². The van der Waals surface area contributed by atoms with Crippen LogP contribution in [0.1, 0.15) is 62.6 Å². The predicted molar refractivity (Wildman–Crippen MR) is 66.5 cm³/mol. The molecule has 0 fully saturated rings. The molecule has 82 valence electrons. The van der Waals surface area contributed by atoms with E-state index in [4.69, 9.17) is 0 Å². The highest BCUT2D eigenvalue weighted by atomic mass is 14.3. The molecule has 0 saturated carbocycles. The van der Waals surface area contributed by atoms with Crippen LogP contribution >= 0.6 is 0 Å². The van der Waals surface area contributed by atoms with Crippen molar-refractivity contribution in [3.8, 4) is 0 Å². The maximum atomic E-state index is 2.40. The van der Waals surface area contributed by atoms with Gasteiger partial charge in [-0.15, -0.1) is 0 Å². The van der Waals surface area contributed by atoms with E-state index in [2.05, 4.69) is 45.9 Å². The van der Waals surface area contributed by atoms with E-state index in [1.807, 2.05) is 0 Å². The third kappa shape index (κ3) is 1.95. The Bertz CT molecular complexity index is 360. The molecule has 0 aromatic heterocycles. The lowest BCUT2D eigenvalue weighted by Gasteiger charge is -2.26. The first-order valence-corrected chi connectivity index (χ1v) is 6.12. The van der Waals surface area contributed by atoms with Crippen molar-refractivity contribution in [2.45, 2.75) is 58.3 Å². The largest absolute Gasteiger partial charge is 0.0590 e. The molecule has 0 amide bonds. The minimum Gasteiger partial charge on any atom is -0.0590 e. The minimum atomic E-state index is 0.367. The molecule has 1 aliphatic carbocycles. The molecule has 1 unspecified atom stereocenters. The summed E-state index contributed by atoms with van der Waals surface area (Å²) in [6.45, 7) is 9.36. The third-order valence-corrected chi connectivity index (χ3v) is 3.91. The average molecular weight is 202 g/mol. The molecule has 0 heterocycles. The predicted octanol–water partition coefficient (Wildman–Crippen LogP) is 4.56. The van der Waals surface area contributed by atoms with Crippen LogP contribution < -0.4 is 0 Å². The van der Waals surface area contributed by atoms with Crippen molar-refractivity contribution in [1.82, 2.24) is 0 Å². The number of aryl methyl sites for hydroxylation is 1. The van der Waals surface area contributed by atoms with Gasteiger partial charge in [0.2, 0.25) is 0 Å². The molecule has 0 heteroatoms. The molecule has 0 N–H and O–H groups in total. The number of benzene rings is 1. The van der Waals surface area contributed by atoms with Crippen LogP contribution in [0.3, 0.4) is 0 Å². The van der Waals surface area contributed by atoms with Gasteiger partial charge in [0.05, 0.1) is 0 Å². The highest BCUT2D eigenvalue weighted by molar-refractivity contribution is 5.39. The van der Waals surface area contributed by atoms with E-state index in [1.54, 1.807) is 11.1 Å².